The Morgan fingerprint density at radius 1 is 1.40 bits per heavy atom. The molecule has 1 aromatic carbocycles. The van der Waals surface area contributed by atoms with Crippen LogP contribution in [-0.2, 0) is 4.74 Å². The standard InChI is InChI=1S/C15H17N3O2/c1-3-20-15(19)11-6-7-14(13(16)9-11)18(2)12-5-4-8-17-10-12/h4-10H,3,16H2,1-2H3. The third kappa shape index (κ3) is 2.88. The summed E-state index contributed by atoms with van der Waals surface area (Å²) in [6, 6.07) is 8.92. The fourth-order valence-corrected chi connectivity index (χ4v) is 1.89. The molecule has 5 heteroatoms. The molecule has 1 heterocycles. The minimum atomic E-state index is -0.366. The van der Waals surface area contributed by atoms with Gasteiger partial charge in [-0.05, 0) is 37.3 Å². The number of nitrogen functional groups attached to an aromatic ring is 1. The SMILES string of the molecule is CCOC(=O)c1ccc(N(C)c2cccnc2)c(N)c1. The number of carbonyl (C=O) groups is 1. The molecule has 2 aromatic rings. The van der Waals surface area contributed by atoms with E-state index in [1.807, 2.05) is 24.1 Å². The van der Waals surface area contributed by atoms with Crippen LogP contribution in [-0.4, -0.2) is 24.6 Å². The highest BCUT2D eigenvalue weighted by atomic mass is 16.5. The second kappa shape index (κ2) is 6.06. The van der Waals surface area contributed by atoms with E-state index in [9.17, 15) is 4.79 Å². The zero-order valence-corrected chi connectivity index (χ0v) is 11.5. The van der Waals surface area contributed by atoms with Crippen LogP contribution in [0, 0.1) is 0 Å². The van der Waals surface area contributed by atoms with E-state index in [-0.39, 0.29) is 5.97 Å². The number of hydrogen-bond donors (Lipinski definition) is 1. The van der Waals surface area contributed by atoms with Gasteiger partial charge in [-0.15, -0.1) is 0 Å². The van der Waals surface area contributed by atoms with Gasteiger partial charge in [0.15, 0.2) is 0 Å². The van der Waals surface area contributed by atoms with Gasteiger partial charge in [0.2, 0.25) is 0 Å². The lowest BCUT2D eigenvalue weighted by molar-refractivity contribution is 0.0526. The predicted octanol–water partition coefficient (Wildman–Crippen LogP) is 2.61. The Hall–Kier alpha value is -2.56. The molecule has 2 N–H and O–H groups in total. The van der Waals surface area contributed by atoms with Gasteiger partial charge in [0.1, 0.15) is 0 Å². The number of rotatable bonds is 4. The zero-order chi connectivity index (χ0) is 14.5. The molecule has 0 unspecified atom stereocenters. The number of benzene rings is 1. The molecule has 0 aliphatic rings. The molecule has 2 rings (SSSR count). The van der Waals surface area contributed by atoms with Crippen molar-refractivity contribution >= 4 is 23.0 Å². The molecule has 0 fully saturated rings. The Morgan fingerprint density at radius 2 is 2.20 bits per heavy atom. The first-order valence-electron chi connectivity index (χ1n) is 6.34. The molecule has 0 atom stereocenters. The van der Waals surface area contributed by atoms with Crippen LogP contribution in [0.3, 0.4) is 0 Å². The van der Waals surface area contributed by atoms with Crippen LogP contribution in [0.1, 0.15) is 17.3 Å². The third-order valence-corrected chi connectivity index (χ3v) is 2.93. The topological polar surface area (TPSA) is 68.5 Å². The van der Waals surface area contributed by atoms with Crippen LogP contribution in [0.25, 0.3) is 0 Å². The third-order valence-electron chi connectivity index (χ3n) is 2.93. The van der Waals surface area contributed by atoms with Crippen molar-refractivity contribution < 1.29 is 9.53 Å². The maximum absolute atomic E-state index is 11.6. The summed E-state index contributed by atoms with van der Waals surface area (Å²) in [5.41, 5.74) is 8.72. The van der Waals surface area contributed by atoms with Crippen LogP contribution in [0.15, 0.2) is 42.7 Å². The first-order chi connectivity index (χ1) is 9.63. The molecule has 0 aliphatic carbocycles. The number of anilines is 3. The summed E-state index contributed by atoms with van der Waals surface area (Å²) >= 11 is 0. The smallest absolute Gasteiger partial charge is 0.338 e. The minimum absolute atomic E-state index is 0.343. The van der Waals surface area contributed by atoms with E-state index in [4.69, 9.17) is 10.5 Å². The van der Waals surface area contributed by atoms with Gasteiger partial charge in [-0.25, -0.2) is 4.79 Å². The number of ether oxygens (including phenoxy) is 1. The summed E-state index contributed by atoms with van der Waals surface area (Å²) in [7, 11) is 1.90. The lowest BCUT2D eigenvalue weighted by Crippen LogP contribution is -2.13. The van der Waals surface area contributed by atoms with Gasteiger partial charge in [-0.1, -0.05) is 0 Å². The van der Waals surface area contributed by atoms with E-state index in [1.165, 1.54) is 0 Å². The molecular formula is C15H17N3O2. The van der Waals surface area contributed by atoms with Gasteiger partial charge in [0.05, 0.1) is 35.4 Å². The highest BCUT2D eigenvalue weighted by Crippen LogP contribution is 2.29. The predicted molar refractivity (Wildman–Crippen MR) is 79.1 cm³/mol. The van der Waals surface area contributed by atoms with Crippen molar-refractivity contribution in [2.75, 3.05) is 24.3 Å². The summed E-state index contributed by atoms with van der Waals surface area (Å²) in [6.07, 6.45) is 3.46. The van der Waals surface area contributed by atoms with Gasteiger partial charge in [-0.2, -0.15) is 0 Å². The highest BCUT2D eigenvalue weighted by Gasteiger charge is 2.12. The van der Waals surface area contributed by atoms with E-state index in [2.05, 4.69) is 4.98 Å². The Bertz CT molecular complexity index is 599. The summed E-state index contributed by atoms with van der Waals surface area (Å²) in [5, 5.41) is 0. The summed E-state index contributed by atoms with van der Waals surface area (Å²) in [6.45, 7) is 2.11. The van der Waals surface area contributed by atoms with Crippen molar-refractivity contribution in [1.29, 1.82) is 0 Å². The molecular weight excluding hydrogens is 254 g/mol. The molecule has 20 heavy (non-hydrogen) atoms. The highest BCUT2D eigenvalue weighted by molar-refractivity contribution is 5.92. The largest absolute Gasteiger partial charge is 0.462 e. The van der Waals surface area contributed by atoms with Gasteiger partial charge in [0.25, 0.3) is 0 Å². The van der Waals surface area contributed by atoms with Crippen molar-refractivity contribution in [3.05, 3.63) is 48.3 Å². The van der Waals surface area contributed by atoms with Gasteiger partial charge < -0.3 is 15.4 Å². The first-order valence-corrected chi connectivity index (χ1v) is 6.34. The van der Waals surface area contributed by atoms with Gasteiger partial charge in [0, 0.05) is 13.2 Å². The molecule has 1 aromatic heterocycles. The summed E-state index contributed by atoms with van der Waals surface area (Å²) in [4.78, 5) is 17.6. The molecule has 0 radical (unpaired) electrons. The minimum Gasteiger partial charge on any atom is -0.462 e. The summed E-state index contributed by atoms with van der Waals surface area (Å²) < 4.78 is 4.95. The lowest BCUT2D eigenvalue weighted by atomic mass is 10.1. The number of esters is 1. The number of aromatic nitrogens is 1. The second-order valence-corrected chi connectivity index (χ2v) is 4.26. The normalized spacial score (nSPS) is 10.1. The number of nitrogens with two attached hydrogens (primary N) is 1. The zero-order valence-electron chi connectivity index (χ0n) is 11.5. The van der Waals surface area contributed by atoms with Crippen molar-refractivity contribution in [2.45, 2.75) is 6.92 Å². The van der Waals surface area contributed by atoms with Gasteiger partial charge >= 0.3 is 5.97 Å². The Morgan fingerprint density at radius 3 is 2.80 bits per heavy atom. The Labute approximate surface area is 118 Å². The van der Waals surface area contributed by atoms with Crippen LogP contribution in [0.2, 0.25) is 0 Å². The van der Waals surface area contributed by atoms with E-state index < -0.39 is 0 Å². The molecule has 0 aliphatic heterocycles. The quantitative estimate of drug-likeness (QED) is 0.684. The Kier molecular flexibility index (Phi) is 4.20. The van der Waals surface area contributed by atoms with E-state index in [0.717, 1.165) is 11.4 Å². The van der Waals surface area contributed by atoms with E-state index in [1.54, 1.807) is 37.5 Å². The van der Waals surface area contributed by atoms with Crippen molar-refractivity contribution in [2.24, 2.45) is 0 Å². The molecule has 5 nitrogen and oxygen atoms in total. The molecule has 0 saturated carbocycles. The number of carbonyl (C=O) groups excluding carboxylic acids is 1. The van der Waals surface area contributed by atoms with Crippen LogP contribution < -0.4 is 10.6 Å². The van der Waals surface area contributed by atoms with Gasteiger partial charge in [-0.3, -0.25) is 4.98 Å². The fraction of sp³-hybridized carbons (Fsp3) is 0.200. The molecule has 0 spiro atoms. The Balaban J connectivity index is 2.28. The van der Waals surface area contributed by atoms with Crippen LogP contribution >= 0.6 is 0 Å². The maximum Gasteiger partial charge on any atom is 0.338 e. The molecule has 0 saturated heterocycles. The number of nitrogens with zero attached hydrogens (tertiary/aromatic N) is 2. The first kappa shape index (κ1) is 13.9. The summed E-state index contributed by atoms with van der Waals surface area (Å²) in [5.74, 6) is -0.366. The van der Waals surface area contributed by atoms with E-state index >= 15 is 0 Å². The molecule has 0 bridgehead atoms. The number of pyridine rings is 1. The number of hydrogen-bond acceptors (Lipinski definition) is 5. The average molecular weight is 271 g/mol. The van der Waals surface area contributed by atoms with Crippen LogP contribution in [0.5, 0.6) is 0 Å². The van der Waals surface area contributed by atoms with Crippen molar-refractivity contribution in [3.63, 3.8) is 0 Å². The van der Waals surface area contributed by atoms with E-state index in [0.29, 0.717) is 17.9 Å². The molecule has 104 valence electrons. The average Bonchev–Trinajstić information content (AvgIpc) is 2.47. The molecule has 0 amide bonds. The van der Waals surface area contributed by atoms with Crippen molar-refractivity contribution in [3.8, 4) is 0 Å². The lowest BCUT2D eigenvalue weighted by Gasteiger charge is -2.21. The maximum atomic E-state index is 11.6. The fourth-order valence-electron chi connectivity index (χ4n) is 1.89. The van der Waals surface area contributed by atoms with Crippen LogP contribution in [0.4, 0.5) is 17.1 Å². The second-order valence-electron chi connectivity index (χ2n) is 4.26. The van der Waals surface area contributed by atoms with Crippen molar-refractivity contribution in [1.82, 2.24) is 4.98 Å². The monoisotopic (exact) mass is 271 g/mol.